The van der Waals surface area contributed by atoms with Gasteiger partial charge in [-0.3, -0.25) is 9.11 Å². The predicted octanol–water partition coefficient (Wildman–Crippen LogP) is 5.19. The van der Waals surface area contributed by atoms with Gasteiger partial charge in [-0.25, -0.2) is 4.31 Å². The number of rotatable bonds is 9. The molecular weight excluding hydrogens is 385 g/mol. The SMILES string of the molecule is CCCc1c(OCCCN(C)S(O)(O)CC)ccc2c(C(F)(F)F)noc12. The van der Waals surface area contributed by atoms with Crippen LogP contribution in [0.15, 0.2) is 16.7 Å². The molecule has 0 saturated heterocycles. The Balaban J connectivity index is 2.13. The molecule has 0 aliphatic heterocycles. The molecule has 0 aliphatic carbocycles. The van der Waals surface area contributed by atoms with E-state index in [9.17, 15) is 22.3 Å². The molecule has 27 heavy (non-hydrogen) atoms. The summed E-state index contributed by atoms with van der Waals surface area (Å²) in [5.74, 6) is 0.702. The first kappa shape index (κ1) is 21.8. The Morgan fingerprint density at radius 2 is 1.96 bits per heavy atom. The van der Waals surface area contributed by atoms with Gasteiger partial charge in [0.05, 0.1) is 17.7 Å². The number of halogens is 3. The highest BCUT2D eigenvalue weighted by molar-refractivity contribution is 8.22. The summed E-state index contributed by atoms with van der Waals surface area (Å²) in [6, 6.07) is 2.81. The summed E-state index contributed by atoms with van der Waals surface area (Å²) < 4.78 is 70.9. The molecule has 0 spiro atoms. The Kier molecular flexibility index (Phi) is 7.01. The molecule has 1 heterocycles. The van der Waals surface area contributed by atoms with E-state index in [2.05, 4.69) is 5.16 Å². The standard InChI is InChI=1S/C17H25F3N2O4S/c1-4-7-12-14(25-11-6-10-22(3)27(23,24)5-2)9-8-13-15(12)26-21-16(13)17(18,19)20/h8-9,23-24H,4-7,10-11H2,1-3H3. The number of benzene rings is 1. The molecule has 2 aromatic rings. The Morgan fingerprint density at radius 1 is 1.26 bits per heavy atom. The van der Waals surface area contributed by atoms with Crippen LogP contribution in [-0.4, -0.2) is 44.5 Å². The van der Waals surface area contributed by atoms with Crippen molar-refractivity contribution >= 4 is 21.7 Å². The van der Waals surface area contributed by atoms with Crippen LogP contribution < -0.4 is 4.74 Å². The van der Waals surface area contributed by atoms with Gasteiger partial charge < -0.3 is 9.26 Å². The number of nitrogens with zero attached hydrogens (tertiary/aromatic N) is 2. The summed E-state index contributed by atoms with van der Waals surface area (Å²) in [6.45, 7) is 4.31. The minimum Gasteiger partial charge on any atom is -0.493 e. The summed E-state index contributed by atoms with van der Waals surface area (Å²) in [6.07, 6.45) is -2.85. The maximum Gasteiger partial charge on any atom is 0.437 e. The van der Waals surface area contributed by atoms with Crippen molar-refractivity contribution in [3.63, 3.8) is 0 Å². The van der Waals surface area contributed by atoms with Gasteiger partial charge in [-0.1, -0.05) is 18.5 Å². The predicted molar refractivity (Wildman–Crippen MR) is 99.1 cm³/mol. The average molecular weight is 410 g/mol. The van der Waals surface area contributed by atoms with Gasteiger partial charge in [0.25, 0.3) is 0 Å². The lowest BCUT2D eigenvalue weighted by atomic mass is 10.0. The number of aromatic nitrogens is 1. The largest absolute Gasteiger partial charge is 0.493 e. The molecule has 1 aromatic carbocycles. The first-order valence-corrected chi connectivity index (χ1v) is 10.4. The van der Waals surface area contributed by atoms with E-state index in [4.69, 9.17) is 9.26 Å². The van der Waals surface area contributed by atoms with Crippen molar-refractivity contribution in [2.24, 2.45) is 0 Å². The summed E-state index contributed by atoms with van der Waals surface area (Å²) in [5, 5.41) is 3.12. The second kappa shape index (κ2) is 8.68. The highest BCUT2D eigenvalue weighted by Gasteiger charge is 2.37. The fraction of sp³-hybridized carbons (Fsp3) is 0.588. The van der Waals surface area contributed by atoms with E-state index in [1.165, 1.54) is 16.4 Å². The second-order valence-electron chi connectivity index (χ2n) is 6.17. The molecular formula is C17H25F3N2O4S. The van der Waals surface area contributed by atoms with Crippen molar-refractivity contribution in [3.8, 4) is 5.75 Å². The Hall–Kier alpha value is -1.49. The van der Waals surface area contributed by atoms with Crippen LogP contribution in [0.2, 0.25) is 0 Å². The van der Waals surface area contributed by atoms with Crippen LogP contribution in [0, 0.1) is 0 Å². The Bertz CT molecular complexity index is 764. The van der Waals surface area contributed by atoms with E-state index >= 15 is 0 Å². The van der Waals surface area contributed by atoms with Crippen molar-refractivity contribution in [1.29, 1.82) is 0 Å². The lowest BCUT2D eigenvalue weighted by Crippen LogP contribution is -2.26. The zero-order chi connectivity index (χ0) is 20.2. The van der Waals surface area contributed by atoms with Gasteiger partial charge in [-0.2, -0.15) is 13.2 Å². The minimum atomic E-state index is -4.58. The number of alkyl halides is 3. The number of hydrogen-bond donors (Lipinski definition) is 2. The Morgan fingerprint density at radius 3 is 2.56 bits per heavy atom. The van der Waals surface area contributed by atoms with Crippen LogP contribution in [0.3, 0.4) is 0 Å². The molecule has 0 amide bonds. The quantitative estimate of drug-likeness (QED) is 0.554. The van der Waals surface area contributed by atoms with Crippen LogP contribution in [0.25, 0.3) is 11.0 Å². The molecule has 0 radical (unpaired) electrons. The maximum atomic E-state index is 13.0. The summed E-state index contributed by atoms with van der Waals surface area (Å²) in [4.78, 5) is 0. The van der Waals surface area contributed by atoms with Gasteiger partial charge in [0.1, 0.15) is 5.75 Å². The van der Waals surface area contributed by atoms with Crippen molar-refractivity contribution in [1.82, 2.24) is 9.46 Å². The zero-order valence-electron chi connectivity index (χ0n) is 15.5. The van der Waals surface area contributed by atoms with Crippen molar-refractivity contribution in [2.45, 2.75) is 39.3 Å². The molecule has 0 saturated carbocycles. The van der Waals surface area contributed by atoms with Gasteiger partial charge in [-0.15, -0.1) is 10.8 Å². The molecule has 0 aliphatic rings. The lowest BCUT2D eigenvalue weighted by Gasteiger charge is -2.39. The first-order valence-electron chi connectivity index (χ1n) is 8.70. The van der Waals surface area contributed by atoms with Gasteiger partial charge in [0.15, 0.2) is 11.3 Å². The van der Waals surface area contributed by atoms with Gasteiger partial charge >= 0.3 is 6.18 Å². The third-order valence-electron chi connectivity index (χ3n) is 4.23. The molecule has 154 valence electrons. The van der Waals surface area contributed by atoms with Crippen molar-refractivity contribution in [3.05, 3.63) is 23.4 Å². The number of fused-ring (bicyclic) bond motifs is 1. The fourth-order valence-corrected chi connectivity index (χ4v) is 3.57. The van der Waals surface area contributed by atoms with Crippen LogP contribution in [0.1, 0.15) is 37.9 Å². The van der Waals surface area contributed by atoms with Crippen LogP contribution in [0.4, 0.5) is 13.2 Å². The van der Waals surface area contributed by atoms with Gasteiger partial charge in [0.2, 0.25) is 0 Å². The number of hydrogen-bond acceptors (Lipinski definition) is 6. The van der Waals surface area contributed by atoms with Gasteiger partial charge in [-0.05, 0) is 31.9 Å². The van der Waals surface area contributed by atoms with Crippen LogP contribution in [0.5, 0.6) is 5.75 Å². The summed E-state index contributed by atoms with van der Waals surface area (Å²) >= 11 is 0. The molecule has 0 unspecified atom stereocenters. The Labute approximate surface area is 157 Å². The number of ether oxygens (including phenoxy) is 1. The second-order valence-corrected chi connectivity index (χ2v) is 8.64. The molecule has 10 heteroatoms. The summed E-state index contributed by atoms with van der Waals surface area (Å²) in [7, 11) is -1.13. The molecule has 6 nitrogen and oxygen atoms in total. The maximum absolute atomic E-state index is 13.0. The molecule has 0 bridgehead atoms. The molecule has 0 atom stereocenters. The third-order valence-corrected chi connectivity index (χ3v) is 6.19. The fourth-order valence-electron chi connectivity index (χ4n) is 2.70. The van der Waals surface area contributed by atoms with E-state index in [1.54, 1.807) is 14.0 Å². The van der Waals surface area contributed by atoms with Crippen LogP contribution >= 0.6 is 10.8 Å². The topological polar surface area (TPSA) is 79.0 Å². The van der Waals surface area contributed by atoms with E-state index in [1.807, 2.05) is 6.92 Å². The van der Waals surface area contributed by atoms with Crippen molar-refractivity contribution < 1.29 is 31.5 Å². The third kappa shape index (κ3) is 5.07. The lowest BCUT2D eigenvalue weighted by molar-refractivity contribution is -0.141. The molecule has 0 fully saturated rings. The van der Waals surface area contributed by atoms with E-state index in [-0.39, 0.29) is 23.3 Å². The first-order chi connectivity index (χ1) is 12.6. The molecule has 2 N–H and O–H groups in total. The smallest absolute Gasteiger partial charge is 0.437 e. The highest BCUT2D eigenvalue weighted by Crippen LogP contribution is 2.41. The van der Waals surface area contributed by atoms with Crippen molar-refractivity contribution in [2.75, 3.05) is 26.0 Å². The van der Waals surface area contributed by atoms with E-state index in [0.29, 0.717) is 37.1 Å². The highest BCUT2D eigenvalue weighted by atomic mass is 32.3. The van der Waals surface area contributed by atoms with Gasteiger partial charge in [0, 0.05) is 19.2 Å². The molecule has 1 aromatic heterocycles. The minimum absolute atomic E-state index is 0.0741. The van der Waals surface area contributed by atoms with E-state index in [0.717, 1.165) is 0 Å². The average Bonchev–Trinajstić information content (AvgIpc) is 3.04. The monoisotopic (exact) mass is 410 g/mol. The number of aryl methyl sites for hydroxylation is 1. The molecule has 2 rings (SSSR count). The zero-order valence-corrected chi connectivity index (χ0v) is 16.4. The van der Waals surface area contributed by atoms with E-state index < -0.39 is 22.6 Å². The summed E-state index contributed by atoms with van der Waals surface area (Å²) in [5.41, 5.74) is -0.379. The normalized spacial score (nSPS) is 13.5. The van der Waals surface area contributed by atoms with Crippen LogP contribution in [-0.2, 0) is 12.6 Å².